The first-order valence-corrected chi connectivity index (χ1v) is 8.68. The number of carbonyl (C=O) groups is 1. The van der Waals surface area contributed by atoms with Gasteiger partial charge >= 0.3 is 0 Å². The average molecular weight is 356 g/mol. The lowest BCUT2D eigenvalue weighted by Gasteiger charge is -2.24. The van der Waals surface area contributed by atoms with Gasteiger partial charge < -0.3 is 19.3 Å². The van der Waals surface area contributed by atoms with Crippen molar-refractivity contribution in [3.05, 3.63) is 64.1 Å². The van der Waals surface area contributed by atoms with Crippen LogP contribution < -0.4 is 10.2 Å². The van der Waals surface area contributed by atoms with E-state index in [1.54, 1.807) is 29.8 Å². The maximum atomic E-state index is 12.9. The third-order valence-corrected chi connectivity index (χ3v) is 4.64. The number of hydrogen-bond acceptors (Lipinski definition) is 5. The lowest BCUT2D eigenvalue weighted by molar-refractivity contribution is 0.0933. The second-order valence-corrected chi connectivity index (χ2v) is 7.05. The lowest BCUT2D eigenvalue weighted by Crippen LogP contribution is -2.33. The van der Waals surface area contributed by atoms with E-state index in [2.05, 4.69) is 0 Å². The highest BCUT2D eigenvalue weighted by molar-refractivity contribution is 5.98. The van der Waals surface area contributed by atoms with Gasteiger partial charge in [0.1, 0.15) is 12.3 Å². The molecule has 1 N–H and O–H groups in total. The van der Waals surface area contributed by atoms with Gasteiger partial charge in [0, 0.05) is 12.3 Å². The minimum atomic E-state index is -0.504. The first-order valence-electron chi connectivity index (χ1n) is 8.68. The van der Waals surface area contributed by atoms with Gasteiger partial charge in [0.25, 0.3) is 0 Å². The van der Waals surface area contributed by atoms with Crippen LogP contribution in [0, 0.1) is 0 Å². The zero-order valence-corrected chi connectivity index (χ0v) is 15.1. The predicted molar refractivity (Wildman–Crippen MR) is 98.7 cm³/mol. The van der Waals surface area contributed by atoms with Gasteiger partial charge in [0.15, 0.2) is 11.5 Å². The van der Waals surface area contributed by atoms with Crippen LogP contribution in [0.4, 0.5) is 0 Å². The molecule has 0 unspecified atom stereocenters. The number of ether oxygens (including phenoxy) is 1. The Hall–Kier alpha value is -2.44. The Kier molecular flexibility index (Phi) is 5.25. The minimum absolute atomic E-state index is 0.0583. The fourth-order valence-electron chi connectivity index (χ4n) is 3.03. The highest BCUT2D eigenvalue weighted by Gasteiger charge is 2.46. The summed E-state index contributed by atoms with van der Waals surface area (Å²) < 4.78 is 7.55. The molecule has 0 amide bonds. The monoisotopic (exact) mass is 356 g/mol. The number of benzene rings is 1. The van der Waals surface area contributed by atoms with Gasteiger partial charge in [-0.25, -0.2) is 0 Å². The number of aliphatic hydroxyl groups is 1. The van der Waals surface area contributed by atoms with Gasteiger partial charge in [0.2, 0.25) is 5.43 Å². The van der Waals surface area contributed by atoms with Crippen molar-refractivity contribution in [3.8, 4) is 5.75 Å². The van der Waals surface area contributed by atoms with Crippen molar-refractivity contribution in [2.45, 2.75) is 25.0 Å². The average Bonchev–Trinajstić information content (AvgIpc) is 3.41. The fraction of sp³-hybridized carbons (Fsp3) is 0.400. The van der Waals surface area contributed by atoms with Crippen molar-refractivity contribution in [2.75, 3.05) is 27.2 Å². The molecule has 6 heteroatoms. The molecule has 1 heterocycles. The van der Waals surface area contributed by atoms with Gasteiger partial charge in [-0.15, -0.1) is 0 Å². The van der Waals surface area contributed by atoms with E-state index in [0.29, 0.717) is 0 Å². The maximum Gasteiger partial charge on any atom is 0.224 e. The van der Waals surface area contributed by atoms with Crippen molar-refractivity contribution >= 4 is 5.78 Å². The summed E-state index contributed by atoms with van der Waals surface area (Å²) in [6.07, 6.45) is 3.14. The van der Waals surface area contributed by atoms with E-state index in [-0.39, 0.29) is 42.4 Å². The summed E-state index contributed by atoms with van der Waals surface area (Å²) in [6.45, 7) is 0.289. The van der Waals surface area contributed by atoms with Gasteiger partial charge in [-0.05, 0) is 32.5 Å². The van der Waals surface area contributed by atoms with Crippen LogP contribution in [0.5, 0.6) is 5.75 Å². The molecule has 3 rings (SSSR count). The number of aliphatic hydroxyl groups excluding tert-OH is 1. The molecule has 0 saturated heterocycles. The molecule has 26 heavy (non-hydrogen) atoms. The highest BCUT2D eigenvalue weighted by Crippen LogP contribution is 2.44. The number of pyridine rings is 1. The molecular weight excluding hydrogens is 332 g/mol. The number of aromatic nitrogens is 1. The van der Waals surface area contributed by atoms with E-state index in [4.69, 9.17) is 4.74 Å². The second-order valence-electron chi connectivity index (χ2n) is 7.05. The summed E-state index contributed by atoms with van der Waals surface area (Å²) in [6, 6.07) is 10.9. The molecule has 6 nitrogen and oxygen atoms in total. The molecule has 0 bridgehead atoms. The summed E-state index contributed by atoms with van der Waals surface area (Å²) in [5.41, 5.74) is 0.328. The van der Waals surface area contributed by atoms with Crippen LogP contribution in [0.1, 0.15) is 28.9 Å². The van der Waals surface area contributed by atoms with Crippen LogP contribution in [0.3, 0.4) is 0 Å². The molecule has 1 aliphatic carbocycles. The lowest BCUT2D eigenvalue weighted by atomic mass is 10.1. The van der Waals surface area contributed by atoms with Crippen molar-refractivity contribution < 1.29 is 14.6 Å². The third-order valence-electron chi connectivity index (χ3n) is 4.64. The molecule has 1 fully saturated rings. The van der Waals surface area contributed by atoms with Crippen molar-refractivity contribution in [1.29, 1.82) is 0 Å². The Morgan fingerprint density at radius 2 is 1.92 bits per heavy atom. The molecule has 0 aliphatic heterocycles. The van der Waals surface area contributed by atoms with Crippen LogP contribution in [-0.4, -0.2) is 47.6 Å². The zero-order chi connectivity index (χ0) is 18.7. The molecule has 1 saturated carbocycles. The van der Waals surface area contributed by atoms with Crippen molar-refractivity contribution in [2.24, 2.45) is 0 Å². The maximum absolute atomic E-state index is 12.9. The van der Waals surface area contributed by atoms with Crippen molar-refractivity contribution in [1.82, 2.24) is 9.47 Å². The third kappa shape index (κ3) is 3.71. The number of nitrogens with zero attached hydrogens (tertiary/aromatic N) is 2. The first kappa shape index (κ1) is 18.4. The van der Waals surface area contributed by atoms with E-state index < -0.39 is 5.54 Å². The summed E-state index contributed by atoms with van der Waals surface area (Å²) >= 11 is 0. The molecular formula is C20H24N2O4. The van der Waals surface area contributed by atoms with Gasteiger partial charge in [-0.2, -0.15) is 0 Å². The van der Waals surface area contributed by atoms with Crippen LogP contribution in [0.15, 0.2) is 47.4 Å². The molecule has 2 aromatic rings. The smallest absolute Gasteiger partial charge is 0.224 e. The van der Waals surface area contributed by atoms with Gasteiger partial charge in [-0.3, -0.25) is 9.59 Å². The summed E-state index contributed by atoms with van der Waals surface area (Å²) in [4.78, 5) is 27.1. The number of likely N-dealkylation sites (N-methyl/N-ethyl adjacent to an activating group) is 1. The first-order chi connectivity index (χ1) is 12.5. The number of hydrogen-bond donors (Lipinski definition) is 1. The topological polar surface area (TPSA) is 71.8 Å². The summed E-state index contributed by atoms with van der Waals surface area (Å²) in [5.74, 6) is -0.140. The summed E-state index contributed by atoms with van der Waals surface area (Å²) in [7, 11) is 3.60. The quantitative estimate of drug-likeness (QED) is 0.728. The highest BCUT2D eigenvalue weighted by atomic mass is 16.5. The van der Waals surface area contributed by atoms with Crippen LogP contribution in [0.2, 0.25) is 0 Å². The summed E-state index contributed by atoms with van der Waals surface area (Å²) in [5, 5.41) is 9.80. The molecule has 1 aromatic carbocycles. The normalized spacial score (nSPS) is 15.1. The molecule has 0 atom stereocenters. The Balaban J connectivity index is 2.02. The molecule has 0 radical (unpaired) electrons. The van der Waals surface area contributed by atoms with E-state index in [9.17, 15) is 14.7 Å². The number of carbonyl (C=O) groups excluding carboxylic acids is 1. The van der Waals surface area contributed by atoms with Crippen LogP contribution in [-0.2, 0) is 12.1 Å². The van der Waals surface area contributed by atoms with Gasteiger partial charge in [-0.1, -0.05) is 30.3 Å². The van der Waals surface area contributed by atoms with Crippen LogP contribution >= 0.6 is 0 Å². The number of Topliss-reactive ketones (excluding diaryl/α,β-unsaturated/α-hetero) is 1. The molecule has 1 aromatic heterocycles. The largest absolute Gasteiger partial charge is 0.483 e. The number of rotatable bonds is 8. The Labute approximate surface area is 152 Å². The minimum Gasteiger partial charge on any atom is -0.483 e. The van der Waals surface area contributed by atoms with Crippen LogP contribution in [0.25, 0.3) is 0 Å². The SMILES string of the molecule is CN(C)CC(=O)c1c(OCc2ccccc2)c(=O)ccn1C1(CO)CC1. The predicted octanol–water partition coefficient (Wildman–Crippen LogP) is 1.65. The second kappa shape index (κ2) is 7.43. The van der Waals surface area contributed by atoms with E-state index in [0.717, 1.165) is 18.4 Å². The van der Waals surface area contributed by atoms with E-state index >= 15 is 0 Å². The Morgan fingerprint density at radius 3 is 2.50 bits per heavy atom. The Bertz CT molecular complexity index is 839. The molecule has 1 aliphatic rings. The van der Waals surface area contributed by atoms with Gasteiger partial charge in [0.05, 0.1) is 18.7 Å². The standard InChI is InChI=1S/C20H24N2O4/c1-21(2)12-17(25)18-19(26-13-15-6-4-3-5-7-15)16(24)8-11-22(18)20(14-23)9-10-20/h3-8,11,23H,9-10,12-14H2,1-2H3. The Morgan fingerprint density at radius 1 is 1.23 bits per heavy atom. The fourth-order valence-corrected chi connectivity index (χ4v) is 3.03. The van der Waals surface area contributed by atoms with E-state index in [1.165, 1.54) is 6.07 Å². The number of ketones is 1. The molecule has 0 spiro atoms. The van der Waals surface area contributed by atoms with E-state index in [1.807, 2.05) is 30.3 Å². The van der Waals surface area contributed by atoms with Crippen molar-refractivity contribution in [3.63, 3.8) is 0 Å². The molecule has 138 valence electrons. The zero-order valence-electron chi connectivity index (χ0n) is 15.1.